The van der Waals surface area contributed by atoms with Gasteiger partial charge in [0.05, 0.1) is 11.9 Å². The van der Waals surface area contributed by atoms with Gasteiger partial charge in [0.1, 0.15) is 0 Å². The molecule has 7 heteroatoms. The number of nitrogens with one attached hydrogen (secondary N) is 1. The Morgan fingerprint density at radius 3 is 2.75 bits per heavy atom. The van der Waals surface area contributed by atoms with E-state index in [0.29, 0.717) is 37.5 Å². The fourth-order valence-electron chi connectivity index (χ4n) is 2.48. The molecule has 0 atom stereocenters. The van der Waals surface area contributed by atoms with E-state index in [1.54, 1.807) is 6.07 Å². The SMILES string of the molecule is CCn1cc(CN(CC(C)C)C(=O)CCc2ccc(=O)[nH]n2)cn1. The molecular formula is C17H25N5O2. The highest BCUT2D eigenvalue weighted by atomic mass is 16.2. The van der Waals surface area contributed by atoms with Crippen molar-refractivity contribution in [3.05, 3.63) is 46.1 Å². The predicted octanol–water partition coefficient (Wildman–Crippen LogP) is 1.60. The number of aryl methyl sites for hydroxylation is 2. The van der Waals surface area contributed by atoms with E-state index in [1.165, 1.54) is 6.07 Å². The van der Waals surface area contributed by atoms with Crippen LogP contribution in [-0.2, 0) is 24.3 Å². The summed E-state index contributed by atoms with van der Waals surface area (Å²) in [6.07, 6.45) is 4.67. The molecule has 0 radical (unpaired) electrons. The lowest BCUT2D eigenvalue weighted by atomic mass is 10.1. The summed E-state index contributed by atoms with van der Waals surface area (Å²) < 4.78 is 1.86. The van der Waals surface area contributed by atoms with Crippen LogP contribution in [0.4, 0.5) is 0 Å². The lowest BCUT2D eigenvalue weighted by molar-refractivity contribution is -0.132. The topological polar surface area (TPSA) is 83.9 Å². The lowest BCUT2D eigenvalue weighted by Crippen LogP contribution is -2.33. The summed E-state index contributed by atoms with van der Waals surface area (Å²) in [4.78, 5) is 25.5. The summed E-state index contributed by atoms with van der Waals surface area (Å²) in [6, 6.07) is 3.09. The predicted molar refractivity (Wildman–Crippen MR) is 91.3 cm³/mol. The molecule has 2 aromatic rings. The van der Waals surface area contributed by atoms with Gasteiger partial charge in [0.25, 0.3) is 5.56 Å². The number of H-pyrrole nitrogens is 1. The Kier molecular flexibility index (Phi) is 6.28. The third-order valence-corrected chi connectivity index (χ3v) is 3.65. The van der Waals surface area contributed by atoms with Crippen molar-refractivity contribution < 1.29 is 4.79 Å². The third-order valence-electron chi connectivity index (χ3n) is 3.65. The molecule has 0 aromatic carbocycles. The lowest BCUT2D eigenvalue weighted by Gasteiger charge is -2.24. The van der Waals surface area contributed by atoms with Gasteiger partial charge in [-0.25, -0.2) is 5.10 Å². The molecule has 0 aliphatic carbocycles. The van der Waals surface area contributed by atoms with E-state index >= 15 is 0 Å². The van der Waals surface area contributed by atoms with Crippen LogP contribution in [0.3, 0.4) is 0 Å². The number of amides is 1. The zero-order valence-corrected chi connectivity index (χ0v) is 14.5. The number of nitrogens with zero attached hydrogens (tertiary/aromatic N) is 4. The van der Waals surface area contributed by atoms with E-state index < -0.39 is 0 Å². The molecule has 0 aliphatic rings. The van der Waals surface area contributed by atoms with Crippen LogP contribution in [0.15, 0.2) is 29.3 Å². The van der Waals surface area contributed by atoms with E-state index in [0.717, 1.165) is 12.1 Å². The summed E-state index contributed by atoms with van der Waals surface area (Å²) in [5, 5.41) is 10.6. The normalized spacial score (nSPS) is 11.0. The van der Waals surface area contributed by atoms with Crippen molar-refractivity contribution in [2.24, 2.45) is 5.92 Å². The summed E-state index contributed by atoms with van der Waals surface area (Å²) in [7, 11) is 0. The molecule has 0 saturated carbocycles. The van der Waals surface area contributed by atoms with E-state index in [-0.39, 0.29) is 11.5 Å². The maximum absolute atomic E-state index is 12.6. The molecule has 0 fully saturated rings. The maximum Gasteiger partial charge on any atom is 0.264 e. The number of aromatic nitrogens is 4. The molecule has 0 unspecified atom stereocenters. The largest absolute Gasteiger partial charge is 0.338 e. The van der Waals surface area contributed by atoms with Crippen LogP contribution >= 0.6 is 0 Å². The minimum absolute atomic E-state index is 0.0842. The van der Waals surface area contributed by atoms with Crippen molar-refractivity contribution in [2.45, 2.75) is 46.7 Å². The van der Waals surface area contributed by atoms with Crippen molar-refractivity contribution in [2.75, 3.05) is 6.54 Å². The van der Waals surface area contributed by atoms with E-state index in [1.807, 2.05) is 28.9 Å². The molecular weight excluding hydrogens is 306 g/mol. The number of aromatic amines is 1. The van der Waals surface area contributed by atoms with E-state index in [2.05, 4.69) is 29.1 Å². The zero-order valence-electron chi connectivity index (χ0n) is 14.5. The number of rotatable bonds is 8. The van der Waals surface area contributed by atoms with Crippen LogP contribution in [0.5, 0.6) is 0 Å². The second-order valence-electron chi connectivity index (χ2n) is 6.28. The fraction of sp³-hybridized carbons (Fsp3) is 0.529. The van der Waals surface area contributed by atoms with Crippen molar-refractivity contribution in [3.8, 4) is 0 Å². The first-order valence-electron chi connectivity index (χ1n) is 8.31. The van der Waals surface area contributed by atoms with E-state index in [9.17, 15) is 9.59 Å². The second-order valence-corrected chi connectivity index (χ2v) is 6.28. The van der Waals surface area contributed by atoms with Crippen molar-refractivity contribution in [3.63, 3.8) is 0 Å². The highest BCUT2D eigenvalue weighted by Crippen LogP contribution is 2.10. The zero-order chi connectivity index (χ0) is 17.5. The number of hydrogen-bond acceptors (Lipinski definition) is 4. The Bertz CT molecular complexity index is 699. The highest BCUT2D eigenvalue weighted by molar-refractivity contribution is 5.76. The first kappa shape index (κ1) is 17.9. The highest BCUT2D eigenvalue weighted by Gasteiger charge is 2.16. The van der Waals surface area contributed by atoms with Crippen LogP contribution in [0.2, 0.25) is 0 Å². The summed E-state index contributed by atoms with van der Waals surface area (Å²) >= 11 is 0. The molecule has 1 amide bonds. The minimum Gasteiger partial charge on any atom is -0.338 e. The van der Waals surface area contributed by atoms with E-state index in [4.69, 9.17) is 0 Å². The van der Waals surface area contributed by atoms with Crippen molar-refractivity contribution >= 4 is 5.91 Å². The molecule has 24 heavy (non-hydrogen) atoms. The number of hydrogen-bond donors (Lipinski definition) is 1. The Labute approximate surface area is 141 Å². The fourth-order valence-corrected chi connectivity index (χ4v) is 2.48. The standard InChI is InChI=1S/C17H25N5O2/c1-4-22-12-14(9-18-22)11-21(10-13(2)3)17(24)8-6-15-5-7-16(23)20-19-15/h5,7,9,12-13H,4,6,8,10-11H2,1-3H3,(H,20,23). The Balaban J connectivity index is 1.98. The number of carbonyl (C=O) groups excluding carboxylic acids is 1. The molecule has 2 heterocycles. The van der Waals surface area contributed by atoms with Gasteiger partial charge in [-0.3, -0.25) is 14.3 Å². The summed E-state index contributed by atoms with van der Waals surface area (Å²) in [6.45, 7) is 8.31. The Morgan fingerprint density at radius 1 is 1.38 bits per heavy atom. The minimum atomic E-state index is -0.237. The quantitative estimate of drug-likeness (QED) is 0.796. The third kappa shape index (κ3) is 5.33. The Morgan fingerprint density at radius 2 is 2.17 bits per heavy atom. The van der Waals surface area contributed by atoms with Crippen LogP contribution in [-0.4, -0.2) is 37.3 Å². The molecule has 2 rings (SSSR count). The van der Waals surface area contributed by atoms with Crippen LogP contribution in [0.25, 0.3) is 0 Å². The maximum atomic E-state index is 12.6. The van der Waals surface area contributed by atoms with Gasteiger partial charge in [-0.2, -0.15) is 10.2 Å². The Hall–Kier alpha value is -2.44. The summed E-state index contributed by atoms with van der Waals surface area (Å²) in [5.41, 5.74) is 1.51. The molecule has 0 saturated heterocycles. The van der Waals surface area contributed by atoms with Crippen molar-refractivity contribution in [1.29, 1.82) is 0 Å². The van der Waals surface area contributed by atoms with Gasteiger partial charge in [-0.05, 0) is 18.9 Å². The molecule has 2 aromatic heterocycles. The van der Waals surface area contributed by atoms with Gasteiger partial charge >= 0.3 is 0 Å². The number of carbonyl (C=O) groups is 1. The van der Waals surface area contributed by atoms with Gasteiger partial charge in [0.2, 0.25) is 5.91 Å². The summed E-state index contributed by atoms with van der Waals surface area (Å²) in [5.74, 6) is 0.474. The molecule has 130 valence electrons. The molecule has 7 nitrogen and oxygen atoms in total. The molecule has 0 spiro atoms. The average molecular weight is 331 g/mol. The first-order chi connectivity index (χ1) is 11.5. The molecule has 0 bridgehead atoms. The van der Waals surface area contributed by atoms with Gasteiger partial charge < -0.3 is 4.90 Å². The van der Waals surface area contributed by atoms with Gasteiger partial charge in [0.15, 0.2) is 0 Å². The molecule has 1 N–H and O–H groups in total. The van der Waals surface area contributed by atoms with Crippen molar-refractivity contribution in [1.82, 2.24) is 24.9 Å². The van der Waals surface area contributed by atoms with Crippen LogP contribution < -0.4 is 5.56 Å². The second kappa shape index (κ2) is 8.42. The smallest absolute Gasteiger partial charge is 0.264 e. The van der Waals surface area contributed by atoms with Gasteiger partial charge in [-0.1, -0.05) is 13.8 Å². The monoisotopic (exact) mass is 331 g/mol. The van der Waals surface area contributed by atoms with Crippen LogP contribution in [0, 0.1) is 5.92 Å². The average Bonchev–Trinajstić information content (AvgIpc) is 3.00. The first-order valence-corrected chi connectivity index (χ1v) is 8.31. The van der Waals surface area contributed by atoms with Gasteiger partial charge in [0, 0.05) is 50.3 Å². The molecule has 0 aliphatic heterocycles. The van der Waals surface area contributed by atoms with Gasteiger partial charge in [-0.15, -0.1) is 0 Å². The van der Waals surface area contributed by atoms with Crippen LogP contribution in [0.1, 0.15) is 38.4 Å².